The molecule has 0 fully saturated rings. The van der Waals surface area contributed by atoms with Gasteiger partial charge in [0.2, 0.25) is 15.9 Å². The molecule has 0 heterocycles. The molecule has 2 aromatic rings. The van der Waals surface area contributed by atoms with Crippen LogP contribution in [0.1, 0.15) is 18.4 Å². The summed E-state index contributed by atoms with van der Waals surface area (Å²) in [6.45, 7) is 2.03. The van der Waals surface area contributed by atoms with Crippen molar-refractivity contribution >= 4 is 21.6 Å². The lowest BCUT2D eigenvalue weighted by atomic mass is 10.2. The van der Waals surface area contributed by atoms with Crippen molar-refractivity contribution in [3.63, 3.8) is 0 Å². The lowest BCUT2D eigenvalue weighted by molar-refractivity contribution is -0.116. The average molecular weight is 348 g/mol. The Labute approximate surface area is 141 Å². The van der Waals surface area contributed by atoms with Crippen molar-refractivity contribution in [2.45, 2.75) is 24.7 Å². The number of hydrogen-bond donors (Lipinski definition) is 2. The summed E-state index contributed by atoms with van der Waals surface area (Å²) in [6.07, 6.45) is 0.820. The normalized spacial score (nSPS) is 11.1. The van der Waals surface area contributed by atoms with Crippen LogP contribution in [0.5, 0.6) is 5.75 Å². The van der Waals surface area contributed by atoms with E-state index in [1.54, 1.807) is 19.1 Å². The molecule has 0 radical (unpaired) electrons. The molecule has 0 atom stereocenters. The summed E-state index contributed by atoms with van der Waals surface area (Å²) < 4.78 is 28.5. The number of para-hydroxylation sites is 1. The first-order chi connectivity index (χ1) is 11.4. The van der Waals surface area contributed by atoms with Crippen molar-refractivity contribution in [3.8, 4) is 5.75 Å². The molecule has 24 heavy (non-hydrogen) atoms. The van der Waals surface area contributed by atoms with Crippen LogP contribution in [0.4, 0.5) is 5.69 Å². The van der Waals surface area contributed by atoms with Crippen molar-refractivity contribution in [3.05, 3.63) is 54.1 Å². The van der Waals surface area contributed by atoms with Gasteiger partial charge in [0.1, 0.15) is 5.75 Å². The second kappa shape index (κ2) is 7.94. The van der Waals surface area contributed by atoms with Gasteiger partial charge in [0, 0.05) is 12.1 Å². The van der Waals surface area contributed by atoms with E-state index in [1.165, 1.54) is 6.07 Å². The number of hydrogen-bond acceptors (Lipinski definition) is 4. The zero-order chi connectivity index (χ0) is 17.6. The number of sulfonamides is 1. The van der Waals surface area contributed by atoms with Gasteiger partial charge in [0.15, 0.2) is 0 Å². The fourth-order valence-electron chi connectivity index (χ4n) is 2.21. The minimum atomic E-state index is -3.81. The third-order valence-corrected chi connectivity index (χ3v) is 4.48. The van der Waals surface area contributed by atoms with E-state index in [0.717, 1.165) is 5.75 Å². The molecule has 0 spiro atoms. The zero-order valence-electron chi connectivity index (χ0n) is 13.4. The zero-order valence-corrected chi connectivity index (χ0v) is 14.2. The van der Waals surface area contributed by atoms with Crippen LogP contribution >= 0.6 is 0 Å². The molecule has 0 aliphatic heterocycles. The average Bonchev–Trinajstić information content (AvgIpc) is 2.53. The van der Waals surface area contributed by atoms with E-state index in [9.17, 15) is 13.2 Å². The van der Waals surface area contributed by atoms with E-state index in [0.29, 0.717) is 24.3 Å². The highest BCUT2D eigenvalue weighted by Crippen LogP contribution is 2.22. The van der Waals surface area contributed by atoms with Gasteiger partial charge in [0.05, 0.1) is 11.5 Å². The summed E-state index contributed by atoms with van der Waals surface area (Å²) in [6, 6.07) is 14.0. The number of amides is 1. The van der Waals surface area contributed by atoms with Crippen LogP contribution < -0.4 is 15.2 Å². The monoisotopic (exact) mass is 348 g/mol. The van der Waals surface area contributed by atoms with Crippen LogP contribution in [-0.2, 0) is 14.8 Å². The number of primary sulfonamides is 1. The highest BCUT2D eigenvalue weighted by Gasteiger charge is 2.14. The molecule has 6 nitrogen and oxygen atoms in total. The number of rotatable bonds is 7. The largest absolute Gasteiger partial charge is 0.494 e. The molecule has 1 amide bonds. The van der Waals surface area contributed by atoms with Gasteiger partial charge < -0.3 is 10.1 Å². The van der Waals surface area contributed by atoms with Gasteiger partial charge >= 0.3 is 0 Å². The minimum absolute atomic E-state index is 0.00714. The molecule has 7 heteroatoms. The lowest BCUT2D eigenvalue weighted by Gasteiger charge is -2.11. The van der Waals surface area contributed by atoms with Gasteiger partial charge in [-0.3, -0.25) is 4.79 Å². The molecule has 2 aromatic carbocycles. The van der Waals surface area contributed by atoms with Crippen LogP contribution in [0.15, 0.2) is 53.4 Å². The third-order valence-electron chi connectivity index (χ3n) is 3.42. The number of ether oxygens (including phenoxy) is 1. The van der Waals surface area contributed by atoms with Gasteiger partial charge in [-0.05, 0) is 43.2 Å². The Bertz CT molecular complexity index is 805. The Hall–Kier alpha value is -2.38. The molecule has 0 aliphatic rings. The standard InChI is InChI=1S/C17H20N2O4S/c1-13-15(9-5-10-16(13)24(18,21)22)19-17(20)11-6-12-23-14-7-3-2-4-8-14/h2-5,7-10H,6,11-12H2,1H3,(H,19,20)(H2,18,21,22). The summed E-state index contributed by atoms with van der Waals surface area (Å²) in [5, 5.41) is 7.86. The fraction of sp³-hybridized carbons (Fsp3) is 0.235. The minimum Gasteiger partial charge on any atom is -0.494 e. The Morgan fingerprint density at radius 1 is 1.12 bits per heavy atom. The van der Waals surface area contributed by atoms with Crippen LogP contribution in [0.3, 0.4) is 0 Å². The Morgan fingerprint density at radius 2 is 1.83 bits per heavy atom. The van der Waals surface area contributed by atoms with Crippen molar-refractivity contribution in [1.29, 1.82) is 0 Å². The summed E-state index contributed by atoms with van der Waals surface area (Å²) in [7, 11) is -3.81. The van der Waals surface area contributed by atoms with Crippen LogP contribution in [0.25, 0.3) is 0 Å². The molecule has 3 N–H and O–H groups in total. The number of nitrogens with two attached hydrogens (primary N) is 1. The molecule has 0 aliphatic carbocycles. The highest BCUT2D eigenvalue weighted by molar-refractivity contribution is 7.89. The lowest BCUT2D eigenvalue weighted by Crippen LogP contribution is -2.17. The van der Waals surface area contributed by atoms with Crippen molar-refractivity contribution in [2.24, 2.45) is 5.14 Å². The number of carbonyl (C=O) groups excluding carboxylic acids is 1. The second-order valence-electron chi connectivity index (χ2n) is 5.29. The van der Waals surface area contributed by atoms with E-state index >= 15 is 0 Å². The van der Waals surface area contributed by atoms with Crippen molar-refractivity contribution in [1.82, 2.24) is 0 Å². The topological polar surface area (TPSA) is 98.5 Å². The van der Waals surface area contributed by atoms with E-state index in [4.69, 9.17) is 9.88 Å². The van der Waals surface area contributed by atoms with Crippen LogP contribution in [0, 0.1) is 6.92 Å². The second-order valence-corrected chi connectivity index (χ2v) is 6.82. The number of benzene rings is 2. The quantitative estimate of drug-likeness (QED) is 0.751. The maximum atomic E-state index is 12.0. The molecular weight excluding hydrogens is 328 g/mol. The van der Waals surface area contributed by atoms with Gasteiger partial charge in [-0.2, -0.15) is 0 Å². The number of anilines is 1. The first kappa shape index (κ1) is 18.0. The molecule has 0 aromatic heterocycles. The SMILES string of the molecule is Cc1c(NC(=O)CCCOc2ccccc2)cccc1S(N)(=O)=O. The predicted molar refractivity (Wildman–Crippen MR) is 92.4 cm³/mol. The summed E-state index contributed by atoms with van der Waals surface area (Å²) in [4.78, 5) is 12.0. The van der Waals surface area contributed by atoms with Gasteiger partial charge in [-0.1, -0.05) is 24.3 Å². The molecule has 2 rings (SSSR count). The smallest absolute Gasteiger partial charge is 0.238 e. The van der Waals surface area contributed by atoms with Gasteiger partial charge in [-0.15, -0.1) is 0 Å². The Morgan fingerprint density at radius 3 is 2.50 bits per heavy atom. The molecular formula is C17H20N2O4S. The van der Waals surface area contributed by atoms with E-state index < -0.39 is 10.0 Å². The Kier molecular flexibility index (Phi) is 5.94. The van der Waals surface area contributed by atoms with E-state index in [2.05, 4.69) is 5.32 Å². The first-order valence-electron chi connectivity index (χ1n) is 7.48. The third kappa shape index (κ3) is 5.07. The maximum Gasteiger partial charge on any atom is 0.238 e. The number of nitrogens with one attached hydrogen (secondary N) is 1. The maximum absolute atomic E-state index is 12.0. The Balaban J connectivity index is 1.87. The number of carbonyl (C=O) groups is 1. The van der Waals surface area contributed by atoms with Gasteiger partial charge in [-0.25, -0.2) is 13.6 Å². The summed E-state index contributed by atoms with van der Waals surface area (Å²) >= 11 is 0. The van der Waals surface area contributed by atoms with Crippen LogP contribution in [0.2, 0.25) is 0 Å². The molecule has 128 valence electrons. The predicted octanol–water partition coefficient (Wildman–Crippen LogP) is 2.44. The van der Waals surface area contributed by atoms with Crippen LogP contribution in [-0.4, -0.2) is 20.9 Å². The van der Waals surface area contributed by atoms with Gasteiger partial charge in [0.25, 0.3) is 0 Å². The highest BCUT2D eigenvalue weighted by atomic mass is 32.2. The fourth-order valence-corrected chi connectivity index (χ4v) is 3.02. The molecule has 0 saturated heterocycles. The first-order valence-corrected chi connectivity index (χ1v) is 9.02. The van der Waals surface area contributed by atoms with E-state index in [-0.39, 0.29) is 17.2 Å². The van der Waals surface area contributed by atoms with Crippen molar-refractivity contribution < 1.29 is 17.9 Å². The van der Waals surface area contributed by atoms with Crippen molar-refractivity contribution in [2.75, 3.05) is 11.9 Å². The molecule has 0 saturated carbocycles. The summed E-state index contributed by atoms with van der Waals surface area (Å²) in [5.41, 5.74) is 0.865. The van der Waals surface area contributed by atoms with E-state index in [1.807, 2.05) is 30.3 Å². The molecule has 0 unspecified atom stereocenters. The molecule has 0 bridgehead atoms. The summed E-state index contributed by atoms with van der Waals surface area (Å²) in [5.74, 6) is 0.552.